The number of nitrogens with zero attached hydrogens (tertiary/aromatic N) is 1. The normalized spacial score (nSPS) is 18.0. The number of urea groups is 1. The number of hydrogen-bond donors (Lipinski definition) is 1. The minimum Gasteiger partial charge on any atom is -0.450 e. The van der Waals surface area contributed by atoms with Crippen LogP contribution in [-0.4, -0.2) is 30.0 Å². The minimum absolute atomic E-state index is 0.113. The Hall–Kier alpha value is -2.82. The summed E-state index contributed by atoms with van der Waals surface area (Å²) >= 11 is 0. The Balaban J connectivity index is 1.45. The van der Waals surface area contributed by atoms with Crippen LogP contribution in [0.25, 0.3) is 0 Å². The molecule has 1 saturated heterocycles. The number of aryl methyl sites for hydroxylation is 1. The van der Waals surface area contributed by atoms with Crippen molar-refractivity contribution in [2.24, 2.45) is 0 Å². The zero-order valence-corrected chi connectivity index (χ0v) is 14.1. The van der Waals surface area contributed by atoms with Gasteiger partial charge in [0.2, 0.25) is 0 Å². The number of nitrogens with one attached hydrogen (secondary N) is 1. The summed E-state index contributed by atoms with van der Waals surface area (Å²) in [6.45, 7) is 3.10. The first-order valence-corrected chi connectivity index (χ1v) is 8.53. The van der Waals surface area contributed by atoms with Crippen LogP contribution in [0.5, 0.6) is 0 Å². The molecular formula is C20H20N2O3. The molecule has 0 bridgehead atoms. The maximum atomic E-state index is 12.5. The fourth-order valence-electron chi connectivity index (χ4n) is 3.71. The molecule has 5 nitrogen and oxygen atoms in total. The van der Waals surface area contributed by atoms with Crippen LogP contribution >= 0.6 is 0 Å². The Morgan fingerprint density at radius 1 is 1.12 bits per heavy atom. The first-order valence-electron chi connectivity index (χ1n) is 8.53. The third kappa shape index (κ3) is 2.76. The molecule has 25 heavy (non-hydrogen) atoms. The van der Waals surface area contributed by atoms with Crippen molar-refractivity contribution in [1.82, 2.24) is 4.90 Å². The van der Waals surface area contributed by atoms with Gasteiger partial charge in [0.25, 0.3) is 0 Å². The van der Waals surface area contributed by atoms with E-state index in [0.29, 0.717) is 31.5 Å². The van der Waals surface area contributed by atoms with Gasteiger partial charge in [0.15, 0.2) is 0 Å². The lowest BCUT2D eigenvalue weighted by Crippen LogP contribution is -2.46. The van der Waals surface area contributed by atoms with Crippen LogP contribution in [0.4, 0.5) is 10.5 Å². The molecule has 1 fully saturated rings. The Morgan fingerprint density at radius 2 is 1.88 bits per heavy atom. The minimum atomic E-state index is -0.576. The number of carbonyl (C=O) groups excluding carboxylic acids is 2. The maximum Gasteiger partial charge on any atom is 0.339 e. The molecule has 2 aliphatic rings. The highest BCUT2D eigenvalue weighted by Crippen LogP contribution is 2.43. The van der Waals surface area contributed by atoms with E-state index in [2.05, 4.69) is 5.32 Å². The molecule has 5 heteroatoms. The van der Waals surface area contributed by atoms with Crippen molar-refractivity contribution < 1.29 is 14.3 Å². The Labute approximate surface area is 146 Å². The molecule has 128 valence electrons. The van der Waals surface area contributed by atoms with Gasteiger partial charge < -0.3 is 15.0 Å². The molecule has 0 saturated carbocycles. The van der Waals surface area contributed by atoms with Gasteiger partial charge in [-0.15, -0.1) is 0 Å². The molecule has 2 aliphatic heterocycles. The Bertz CT molecular complexity index is 838. The standard InChI is InChI=1S/C20H20N2O3/c1-14-5-4-6-15(13-14)21-19(24)22-11-9-20(10-12-22)17-8-3-2-7-16(17)18(23)25-20/h2-8,13H,9-12H2,1H3,(H,21,24). The molecule has 2 aromatic rings. The molecule has 1 spiro atoms. The lowest BCUT2D eigenvalue weighted by atomic mass is 9.84. The summed E-state index contributed by atoms with van der Waals surface area (Å²) in [6, 6.07) is 15.2. The van der Waals surface area contributed by atoms with E-state index in [9.17, 15) is 9.59 Å². The zero-order chi connectivity index (χ0) is 17.4. The number of anilines is 1. The number of rotatable bonds is 1. The number of amides is 2. The molecule has 0 radical (unpaired) electrons. The second kappa shape index (κ2) is 5.92. The molecule has 0 aliphatic carbocycles. The zero-order valence-electron chi connectivity index (χ0n) is 14.1. The van der Waals surface area contributed by atoms with Crippen LogP contribution in [0.1, 0.15) is 34.3 Å². The maximum absolute atomic E-state index is 12.5. The van der Waals surface area contributed by atoms with E-state index in [1.54, 1.807) is 4.90 Å². The van der Waals surface area contributed by atoms with Gasteiger partial charge in [-0.2, -0.15) is 0 Å². The number of esters is 1. The smallest absolute Gasteiger partial charge is 0.339 e. The lowest BCUT2D eigenvalue weighted by Gasteiger charge is -2.38. The van der Waals surface area contributed by atoms with Crippen molar-refractivity contribution in [3.8, 4) is 0 Å². The van der Waals surface area contributed by atoms with Gasteiger partial charge in [0.1, 0.15) is 5.60 Å². The van der Waals surface area contributed by atoms with E-state index in [-0.39, 0.29) is 12.0 Å². The summed E-state index contributed by atoms with van der Waals surface area (Å²) in [7, 11) is 0. The Kier molecular flexibility index (Phi) is 3.71. The molecule has 1 N–H and O–H groups in total. The summed E-state index contributed by atoms with van der Waals surface area (Å²) in [5.74, 6) is -0.256. The first kappa shape index (κ1) is 15.7. The van der Waals surface area contributed by atoms with Crippen molar-refractivity contribution in [3.63, 3.8) is 0 Å². The average molecular weight is 336 g/mol. The molecule has 2 aromatic carbocycles. The lowest BCUT2D eigenvalue weighted by molar-refractivity contribution is -0.0363. The molecule has 0 atom stereocenters. The molecular weight excluding hydrogens is 316 g/mol. The predicted molar refractivity (Wildman–Crippen MR) is 94.5 cm³/mol. The van der Waals surface area contributed by atoms with Crippen LogP contribution in [0.15, 0.2) is 48.5 Å². The van der Waals surface area contributed by atoms with Crippen LogP contribution in [0, 0.1) is 6.92 Å². The predicted octanol–water partition coefficient (Wildman–Crippen LogP) is 3.69. The topological polar surface area (TPSA) is 58.6 Å². The van der Waals surface area contributed by atoms with Gasteiger partial charge in [-0.25, -0.2) is 9.59 Å². The number of fused-ring (bicyclic) bond motifs is 2. The number of hydrogen-bond acceptors (Lipinski definition) is 3. The van der Waals surface area contributed by atoms with E-state index < -0.39 is 5.60 Å². The van der Waals surface area contributed by atoms with E-state index in [1.807, 2.05) is 55.5 Å². The number of benzene rings is 2. The second-order valence-electron chi connectivity index (χ2n) is 6.72. The number of carbonyl (C=O) groups is 2. The average Bonchev–Trinajstić information content (AvgIpc) is 2.88. The summed E-state index contributed by atoms with van der Waals surface area (Å²) in [4.78, 5) is 26.4. The molecule has 2 amide bonds. The number of piperidine rings is 1. The van der Waals surface area contributed by atoms with Gasteiger partial charge in [0.05, 0.1) is 5.56 Å². The third-order valence-electron chi connectivity index (χ3n) is 5.05. The SMILES string of the molecule is Cc1cccc(NC(=O)N2CCC3(CC2)OC(=O)c2ccccc23)c1. The van der Waals surface area contributed by atoms with Crippen molar-refractivity contribution in [2.75, 3.05) is 18.4 Å². The van der Waals surface area contributed by atoms with Crippen molar-refractivity contribution >= 4 is 17.7 Å². The molecule has 0 aromatic heterocycles. The third-order valence-corrected chi connectivity index (χ3v) is 5.05. The van der Waals surface area contributed by atoms with E-state index in [4.69, 9.17) is 4.74 Å². The van der Waals surface area contributed by atoms with Crippen molar-refractivity contribution in [3.05, 3.63) is 65.2 Å². The van der Waals surface area contributed by atoms with Crippen LogP contribution in [0.3, 0.4) is 0 Å². The van der Waals surface area contributed by atoms with Gasteiger partial charge in [-0.05, 0) is 30.7 Å². The van der Waals surface area contributed by atoms with E-state index in [0.717, 1.165) is 16.8 Å². The number of likely N-dealkylation sites (tertiary alicyclic amines) is 1. The summed E-state index contributed by atoms with van der Waals surface area (Å²) in [5, 5.41) is 2.94. The summed E-state index contributed by atoms with van der Waals surface area (Å²) in [5.41, 5.74) is 2.93. The van der Waals surface area contributed by atoms with Crippen LogP contribution in [-0.2, 0) is 10.3 Å². The largest absolute Gasteiger partial charge is 0.450 e. The van der Waals surface area contributed by atoms with E-state index >= 15 is 0 Å². The van der Waals surface area contributed by atoms with Gasteiger partial charge in [0, 0.05) is 37.2 Å². The van der Waals surface area contributed by atoms with Crippen LogP contribution in [0.2, 0.25) is 0 Å². The highest BCUT2D eigenvalue weighted by molar-refractivity contribution is 5.95. The Morgan fingerprint density at radius 3 is 2.64 bits per heavy atom. The quantitative estimate of drug-likeness (QED) is 0.808. The molecule has 2 heterocycles. The molecule has 0 unspecified atom stereocenters. The van der Waals surface area contributed by atoms with Crippen molar-refractivity contribution in [1.29, 1.82) is 0 Å². The highest BCUT2D eigenvalue weighted by Gasteiger charge is 2.47. The molecule has 4 rings (SSSR count). The summed E-state index contributed by atoms with van der Waals surface area (Å²) < 4.78 is 5.73. The van der Waals surface area contributed by atoms with Crippen LogP contribution < -0.4 is 5.32 Å². The second-order valence-corrected chi connectivity index (χ2v) is 6.72. The fourth-order valence-corrected chi connectivity index (χ4v) is 3.71. The highest BCUT2D eigenvalue weighted by atomic mass is 16.6. The fraction of sp³-hybridized carbons (Fsp3) is 0.300. The monoisotopic (exact) mass is 336 g/mol. The summed E-state index contributed by atoms with van der Waals surface area (Å²) in [6.07, 6.45) is 1.24. The van der Waals surface area contributed by atoms with Gasteiger partial charge in [-0.3, -0.25) is 0 Å². The van der Waals surface area contributed by atoms with Crippen molar-refractivity contribution in [2.45, 2.75) is 25.4 Å². The van der Waals surface area contributed by atoms with Gasteiger partial charge in [-0.1, -0.05) is 30.3 Å². The van der Waals surface area contributed by atoms with E-state index in [1.165, 1.54) is 0 Å². The van der Waals surface area contributed by atoms with Gasteiger partial charge >= 0.3 is 12.0 Å². The number of ether oxygens (including phenoxy) is 1. The first-order chi connectivity index (χ1) is 12.1.